The van der Waals surface area contributed by atoms with Crippen LogP contribution in [0.2, 0.25) is 0 Å². The molecule has 3 aliphatic rings. The highest BCUT2D eigenvalue weighted by Gasteiger charge is 2.35. The minimum atomic E-state index is -0.691. The third kappa shape index (κ3) is 4.60. The van der Waals surface area contributed by atoms with Crippen molar-refractivity contribution in [1.29, 1.82) is 0 Å². The Kier molecular flexibility index (Phi) is 7.24. The van der Waals surface area contributed by atoms with Gasteiger partial charge in [-0.1, -0.05) is 6.42 Å². The van der Waals surface area contributed by atoms with Crippen molar-refractivity contribution in [3.8, 4) is 0 Å². The van der Waals surface area contributed by atoms with E-state index in [4.69, 9.17) is 14.5 Å². The Bertz CT molecular complexity index is 1120. The molecule has 1 aromatic heterocycles. The quantitative estimate of drug-likeness (QED) is 0.586. The van der Waals surface area contributed by atoms with Crippen molar-refractivity contribution in [3.05, 3.63) is 23.5 Å². The number of aromatic nitrogens is 2. The van der Waals surface area contributed by atoms with Crippen LogP contribution in [-0.4, -0.2) is 53.1 Å². The van der Waals surface area contributed by atoms with Crippen LogP contribution in [0.15, 0.2) is 12.1 Å². The average molecular weight is 498 g/mol. The van der Waals surface area contributed by atoms with Gasteiger partial charge in [-0.15, -0.1) is 0 Å². The van der Waals surface area contributed by atoms with Crippen molar-refractivity contribution in [3.63, 3.8) is 0 Å². The largest absolute Gasteiger partial charge is 0.481 e. The summed E-state index contributed by atoms with van der Waals surface area (Å²) in [4.78, 5) is 31.5. The van der Waals surface area contributed by atoms with E-state index in [0.29, 0.717) is 18.4 Å². The fraction of sp³-hybridized carbons (Fsp3) is 0.679. The normalized spacial score (nSPS) is 28.6. The summed E-state index contributed by atoms with van der Waals surface area (Å²) < 4.78 is 13.1. The van der Waals surface area contributed by atoms with Gasteiger partial charge >= 0.3 is 12.1 Å². The topological polar surface area (TPSA) is 93.9 Å². The Hall–Kier alpha value is -2.61. The predicted molar refractivity (Wildman–Crippen MR) is 137 cm³/mol. The predicted octanol–water partition coefficient (Wildman–Crippen LogP) is 5.51. The number of rotatable bonds is 5. The van der Waals surface area contributed by atoms with Gasteiger partial charge in [0.25, 0.3) is 0 Å². The van der Waals surface area contributed by atoms with Crippen molar-refractivity contribution in [1.82, 2.24) is 9.55 Å². The number of aryl methyl sites for hydroxylation is 1. The average Bonchev–Trinajstić information content (AvgIpc) is 3.26. The Morgan fingerprint density at radius 3 is 2.56 bits per heavy atom. The third-order valence-corrected chi connectivity index (χ3v) is 8.86. The van der Waals surface area contributed by atoms with E-state index in [0.717, 1.165) is 92.3 Å². The molecule has 3 atom stereocenters. The van der Waals surface area contributed by atoms with Crippen molar-refractivity contribution < 1.29 is 24.2 Å². The summed E-state index contributed by atoms with van der Waals surface area (Å²) in [5, 5.41) is 9.75. The number of benzene rings is 1. The van der Waals surface area contributed by atoms with Gasteiger partial charge in [0.1, 0.15) is 5.82 Å². The maximum Gasteiger partial charge on any atom is 0.414 e. The lowest BCUT2D eigenvalue weighted by Gasteiger charge is -2.34. The zero-order chi connectivity index (χ0) is 25.4. The number of anilines is 1. The van der Waals surface area contributed by atoms with Gasteiger partial charge in [-0.25, -0.2) is 9.78 Å². The SMILES string of the molecule is COC(=O)N1c2ccc3c(nc(C[C@H]4CC[C@H](OC)CC4)n3[C@@H]3CCC[C@@H](C(=O)O)C3)c2CC[C@@H]1C. The number of hydrogen-bond acceptors (Lipinski definition) is 5. The number of hydrogen-bond donors (Lipinski definition) is 1. The summed E-state index contributed by atoms with van der Waals surface area (Å²) in [6, 6.07) is 4.32. The summed E-state index contributed by atoms with van der Waals surface area (Å²) in [5.41, 5.74) is 4.03. The number of carboxylic acids is 1. The maximum absolute atomic E-state index is 12.6. The minimum absolute atomic E-state index is 0.0644. The van der Waals surface area contributed by atoms with E-state index in [1.54, 1.807) is 12.0 Å². The molecule has 0 spiro atoms. The van der Waals surface area contributed by atoms with Gasteiger partial charge in [0.15, 0.2) is 0 Å². The molecule has 8 heteroatoms. The standard InChI is InChI=1S/C28H39N3O5/c1-17-7-12-22-23(30(17)28(34)36-3)13-14-24-26(22)29-25(15-18-8-10-21(35-2)11-9-18)31(24)20-6-4-5-19(16-20)27(32)33/h13-14,17-21H,4-12,15-16H2,1-3H3,(H,32,33)/t17-,18-,19+,20+,21-/m0/s1. The first-order valence-corrected chi connectivity index (χ1v) is 13.6. The Labute approximate surface area is 213 Å². The molecule has 8 nitrogen and oxygen atoms in total. The molecule has 0 bridgehead atoms. The Morgan fingerprint density at radius 1 is 1.08 bits per heavy atom. The van der Waals surface area contributed by atoms with Crippen LogP contribution < -0.4 is 4.90 Å². The second-order valence-electron chi connectivity index (χ2n) is 11.0. The molecule has 2 heterocycles. The van der Waals surface area contributed by atoms with Gasteiger partial charge in [0, 0.05) is 31.2 Å². The minimum Gasteiger partial charge on any atom is -0.481 e. The summed E-state index contributed by atoms with van der Waals surface area (Å²) in [6.45, 7) is 2.05. The van der Waals surface area contributed by atoms with Crippen molar-refractivity contribution in [2.45, 2.75) is 95.7 Å². The zero-order valence-corrected chi connectivity index (χ0v) is 21.7. The molecular formula is C28H39N3O5. The number of nitrogens with zero attached hydrogens (tertiary/aromatic N) is 3. The molecule has 0 saturated heterocycles. The summed E-state index contributed by atoms with van der Waals surface area (Å²) in [6.07, 6.45) is 10.3. The highest BCUT2D eigenvalue weighted by atomic mass is 16.5. The molecule has 5 rings (SSSR count). The van der Waals surface area contributed by atoms with E-state index in [1.165, 1.54) is 7.11 Å². The fourth-order valence-electron chi connectivity index (χ4n) is 6.83. The van der Waals surface area contributed by atoms with E-state index in [-0.39, 0.29) is 24.1 Å². The van der Waals surface area contributed by atoms with Crippen LogP contribution in [0.25, 0.3) is 11.0 Å². The molecule has 0 unspecified atom stereocenters. The second kappa shape index (κ2) is 10.4. The van der Waals surface area contributed by atoms with E-state index in [1.807, 2.05) is 6.07 Å². The molecule has 1 amide bonds. The maximum atomic E-state index is 12.6. The third-order valence-electron chi connectivity index (χ3n) is 8.86. The number of fused-ring (bicyclic) bond motifs is 3. The van der Waals surface area contributed by atoms with Crippen molar-refractivity contribution in [2.75, 3.05) is 19.1 Å². The molecular weight excluding hydrogens is 458 g/mol. The van der Waals surface area contributed by atoms with Crippen LogP contribution in [-0.2, 0) is 27.1 Å². The van der Waals surface area contributed by atoms with Crippen LogP contribution in [0.4, 0.5) is 10.5 Å². The Morgan fingerprint density at radius 2 is 1.86 bits per heavy atom. The molecule has 1 N–H and O–H groups in total. The first-order chi connectivity index (χ1) is 17.4. The number of carboxylic acid groups (broad SMARTS) is 1. The zero-order valence-electron chi connectivity index (χ0n) is 21.7. The van der Waals surface area contributed by atoms with Gasteiger partial charge in [-0.3, -0.25) is 9.69 Å². The highest BCUT2D eigenvalue weighted by Crippen LogP contribution is 2.41. The van der Waals surface area contributed by atoms with Gasteiger partial charge in [-0.05, 0) is 82.8 Å². The van der Waals surface area contributed by atoms with Crippen LogP contribution in [0.5, 0.6) is 0 Å². The van der Waals surface area contributed by atoms with Gasteiger partial charge in [-0.2, -0.15) is 0 Å². The van der Waals surface area contributed by atoms with E-state index in [9.17, 15) is 14.7 Å². The summed E-state index contributed by atoms with van der Waals surface area (Å²) in [5.74, 6) is 0.620. The fourth-order valence-corrected chi connectivity index (χ4v) is 6.83. The first-order valence-electron chi connectivity index (χ1n) is 13.6. The number of carbonyl (C=O) groups is 2. The molecule has 2 saturated carbocycles. The summed E-state index contributed by atoms with van der Waals surface area (Å²) in [7, 11) is 3.23. The van der Waals surface area contributed by atoms with Gasteiger partial charge < -0.3 is 19.1 Å². The van der Waals surface area contributed by atoms with Gasteiger partial charge in [0.05, 0.1) is 35.9 Å². The molecule has 2 aliphatic carbocycles. The number of aliphatic carboxylic acids is 1. The van der Waals surface area contributed by atoms with Crippen LogP contribution in [0, 0.1) is 11.8 Å². The number of imidazole rings is 1. The molecule has 1 aliphatic heterocycles. The molecule has 1 aromatic carbocycles. The van der Waals surface area contributed by atoms with Gasteiger partial charge in [0.2, 0.25) is 0 Å². The Balaban J connectivity index is 1.56. The molecule has 2 fully saturated rings. The first kappa shape index (κ1) is 25.1. The molecule has 196 valence electrons. The molecule has 0 radical (unpaired) electrons. The monoisotopic (exact) mass is 497 g/mol. The van der Waals surface area contributed by atoms with Crippen LogP contribution in [0.1, 0.15) is 82.1 Å². The number of carbonyl (C=O) groups excluding carboxylic acids is 1. The molecule has 2 aromatic rings. The van der Waals surface area contributed by atoms with E-state index in [2.05, 4.69) is 17.6 Å². The smallest absolute Gasteiger partial charge is 0.414 e. The van der Waals surface area contributed by atoms with Crippen molar-refractivity contribution in [2.24, 2.45) is 11.8 Å². The number of ether oxygens (including phenoxy) is 2. The lowest BCUT2D eigenvalue weighted by molar-refractivity contribution is -0.143. The second-order valence-corrected chi connectivity index (χ2v) is 11.0. The van der Waals surface area contributed by atoms with E-state index < -0.39 is 5.97 Å². The number of methoxy groups -OCH3 is 2. The van der Waals surface area contributed by atoms with Crippen LogP contribution >= 0.6 is 0 Å². The van der Waals surface area contributed by atoms with Crippen LogP contribution in [0.3, 0.4) is 0 Å². The van der Waals surface area contributed by atoms with E-state index >= 15 is 0 Å². The number of amides is 1. The summed E-state index contributed by atoms with van der Waals surface area (Å²) >= 11 is 0. The molecule has 36 heavy (non-hydrogen) atoms. The van der Waals surface area contributed by atoms with Crippen molar-refractivity contribution >= 4 is 28.8 Å². The lowest BCUT2D eigenvalue weighted by Crippen LogP contribution is -2.42. The lowest BCUT2D eigenvalue weighted by atomic mass is 9.84. The highest BCUT2D eigenvalue weighted by molar-refractivity contribution is 5.95.